The first-order chi connectivity index (χ1) is 18.1. The highest BCUT2D eigenvalue weighted by atomic mass is 32.2. The van der Waals surface area contributed by atoms with Crippen LogP contribution in [0.5, 0.6) is 0 Å². The Morgan fingerprint density at radius 1 is 0.949 bits per heavy atom. The summed E-state index contributed by atoms with van der Waals surface area (Å²) in [6.45, 7) is 7.03. The smallest absolute Gasteiger partial charge is 0.408 e. The molecule has 0 bridgehead atoms. The Labute approximate surface area is 232 Å². The summed E-state index contributed by atoms with van der Waals surface area (Å²) in [7, 11) is -0.224. The van der Waals surface area contributed by atoms with Crippen molar-refractivity contribution in [2.45, 2.75) is 64.7 Å². The third kappa shape index (κ3) is 18.1. The second kappa shape index (κ2) is 16.3. The second-order valence-electron chi connectivity index (χ2n) is 11.0. The molecule has 0 heterocycles. The lowest BCUT2D eigenvalue weighted by Crippen LogP contribution is -2.51. The Balaban J connectivity index is 2.50. The molecule has 222 valence electrons. The number of amides is 3. The van der Waals surface area contributed by atoms with Crippen LogP contribution >= 0.6 is 0 Å². The Hall–Kier alpha value is -2.90. The van der Waals surface area contributed by atoms with Gasteiger partial charge in [-0.3, -0.25) is 9.35 Å². The molecule has 13 heteroatoms. The van der Waals surface area contributed by atoms with Crippen molar-refractivity contribution in [1.29, 1.82) is 0 Å². The minimum Gasteiger partial charge on any atom is -0.445 e. The number of alkyl carbamates (subject to hydrolysis) is 2. The van der Waals surface area contributed by atoms with Gasteiger partial charge in [0, 0.05) is 13.0 Å². The van der Waals surface area contributed by atoms with Crippen molar-refractivity contribution >= 4 is 28.2 Å². The molecular weight excluding hydrogens is 528 g/mol. The Bertz CT molecular complexity index is 1010. The van der Waals surface area contributed by atoms with Crippen LogP contribution in [0, 0.1) is 0 Å². The molecule has 1 unspecified atom stereocenters. The average Bonchev–Trinajstić information content (AvgIpc) is 2.80. The van der Waals surface area contributed by atoms with Crippen LogP contribution in [-0.4, -0.2) is 93.2 Å². The SMILES string of the molecule is CC(C)(C)OC(=O)NC(CCCCNC(=O)OCc1ccccc1)C(=O)NCC[N+](C)(C)CCCS(=O)(=O)O. The van der Waals surface area contributed by atoms with Gasteiger partial charge in [-0.25, -0.2) is 9.59 Å². The minimum absolute atomic E-state index is 0.171. The van der Waals surface area contributed by atoms with Crippen molar-refractivity contribution in [2.75, 3.05) is 46.0 Å². The zero-order valence-electron chi connectivity index (χ0n) is 23.7. The van der Waals surface area contributed by atoms with Gasteiger partial charge in [-0.15, -0.1) is 0 Å². The van der Waals surface area contributed by atoms with Crippen LogP contribution in [0.25, 0.3) is 0 Å². The molecule has 0 aliphatic rings. The van der Waals surface area contributed by atoms with E-state index in [1.807, 2.05) is 44.4 Å². The van der Waals surface area contributed by atoms with Gasteiger partial charge in [-0.2, -0.15) is 8.42 Å². The maximum atomic E-state index is 12.9. The quantitative estimate of drug-likeness (QED) is 0.133. The fraction of sp³-hybridized carbons (Fsp3) is 0.654. The van der Waals surface area contributed by atoms with Crippen molar-refractivity contribution in [2.24, 2.45) is 0 Å². The van der Waals surface area contributed by atoms with Crippen LogP contribution in [0.1, 0.15) is 52.0 Å². The van der Waals surface area contributed by atoms with E-state index < -0.39 is 33.9 Å². The van der Waals surface area contributed by atoms with E-state index in [1.165, 1.54) is 0 Å². The molecule has 39 heavy (non-hydrogen) atoms. The number of rotatable bonds is 16. The van der Waals surface area contributed by atoms with Crippen molar-refractivity contribution < 1.29 is 41.3 Å². The number of benzene rings is 1. The molecule has 1 aromatic carbocycles. The van der Waals surface area contributed by atoms with Gasteiger partial charge in [0.2, 0.25) is 5.91 Å². The van der Waals surface area contributed by atoms with Crippen molar-refractivity contribution in [3.8, 4) is 0 Å². The molecular formula is C26H45N4O8S+. The van der Waals surface area contributed by atoms with Gasteiger partial charge in [0.1, 0.15) is 18.2 Å². The summed E-state index contributed by atoms with van der Waals surface area (Å²) in [6.07, 6.45) is 0.500. The van der Waals surface area contributed by atoms with Crippen molar-refractivity contribution in [3.05, 3.63) is 35.9 Å². The first kappa shape index (κ1) is 34.1. The van der Waals surface area contributed by atoms with Gasteiger partial charge in [0.25, 0.3) is 10.1 Å². The van der Waals surface area contributed by atoms with Gasteiger partial charge in [-0.1, -0.05) is 30.3 Å². The summed E-state index contributed by atoms with van der Waals surface area (Å²) in [5, 5.41) is 8.12. The number of hydrogen-bond donors (Lipinski definition) is 4. The Morgan fingerprint density at radius 2 is 1.62 bits per heavy atom. The molecule has 0 aliphatic heterocycles. The van der Waals surface area contributed by atoms with Crippen LogP contribution in [0.3, 0.4) is 0 Å². The van der Waals surface area contributed by atoms with Crippen LogP contribution in [0.4, 0.5) is 9.59 Å². The number of unbranched alkanes of at least 4 members (excludes halogenated alkanes) is 1. The molecule has 0 radical (unpaired) electrons. The van der Waals surface area contributed by atoms with Gasteiger partial charge < -0.3 is 29.9 Å². The monoisotopic (exact) mass is 573 g/mol. The Morgan fingerprint density at radius 3 is 2.23 bits per heavy atom. The third-order valence-electron chi connectivity index (χ3n) is 5.59. The second-order valence-corrected chi connectivity index (χ2v) is 12.6. The van der Waals surface area contributed by atoms with Crippen molar-refractivity contribution in [3.63, 3.8) is 0 Å². The number of ether oxygens (including phenoxy) is 2. The third-order valence-corrected chi connectivity index (χ3v) is 6.40. The molecule has 0 saturated carbocycles. The van der Waals surface area contributed by atoms with E-state index in [0.29, 0.717) is 49.9 Å². The zero-order valence-corrected chi connectivity index (χ0v) is 24.5. The molecule has 0 aliphatic carbocycles. The number of nitrogens with one attached hydrogen (secondary N) is 3. The molecule has 12 nitrogen and oxygen atoms in total. The number of quaternary nitrogens is 1. The minimum atomic E-state index is -4.01. The lowest BCUT2D eigenvalue weighted by Gasteiger charge is -2.30. The first-order valence-electron chi connectivity index (χ1n) is 13.1. The van der Waals surface area contributed by atoms with E-state index in [2.05, 4.69) is 16.0 Å². The maximum Gasteiger partial charge on any atom is 0.408 e. The molecule has 3 amide bonds. The number of likely N-dealkylation sites (N-methyl/N-ethyl adjacent to an activating group) is 1. The lowest BCUT2D eigenvalue weighted by molar-refractivity contribution is -0.889. The molecule has 1 aromatic rings. The fourth-order valence-corrected chi connectivity index (χ4v) is 4.04. The summed E-state index contributed by atoms with van der Waals surface area (Å²) in [5.41, 5.74) is 0.161. The van der Waals surface area contributed by atoms with Crippen LogP contribution < -0.4 is 16.0 Å². The van der Waals surface area contributed by atoms with Gasteiger partial charge in [0.15, 0.2) is 0 Å². The summed E-state index contributed by atoms with van der Waals surface area (Å²) < 4.78 is 41.7. The van der Waals surface area contributed by atoms with E-state index in [0.717, 1.165) is 5.56 Å². The molecule has 0 saturated heterocycles. The average molecular weight is 574 g/mol. The van der Waals surface area contributed by atoms with Gasteiger partial charge in [0.05, 0.1) is 39.5 Å². The molecule has 1 atom stereocenters. The highest BCUT2D eigenvalue weighted by Gasteiger charge is 2.25. The normalized spacial score (nSPS) is 12.8. The van der Waals surface area contributed by atoms with Crippen LogP contribution in [-0.2, 0) is 31.0 Å². The highest BCUT2D eigenvalue weighted by molar-refractivity contribution is 7.85. The topological polar surface area (TPSA) is 160 Å². The van der Waals surface area contributed by atoms with Crippen LogP contribution in [0.2, 0.25) is 0 Å². The fourth-order valence-electron chi connectivity index (χ4n) is 3.55. The van der Waals surface area contributed by atoms with Gasteiger partial charge >= 0.3 is 12.2 Å². The van der Waals surface area contributed by atoms with E-state index in [9.17, 15) is 22.8 Å². The van der Waals surface area contributed by atoms with E-state index in [1.54, 1.807) is 20.8 Å². The largest absolute Gasteiger partial charge is 0.445 e. The summed E-state index contributed by atoms with van der Waals surface area (Å²) in [4.78, 5) is 37.1. The number of carbonyl (C=O) groups is 3. The maximum absolute atomic E-state index is 12.9. The van der Waals surface area contributed by atoms with Crippen LogP contribution in [0.15, 0.2) is 30.3 Å². The molecule has 0 aromatic heterocycles. The summed E-state index contributed by atoms with van der Waals surface area (Å²) >= 11 is 0. The highest BCUT2D eigenvalue weighted by Crippen LogP contribution is 2.09. The molecule has 1 rings (SSSR count). The lowest BCUT2D eigenvalue weighted by atomic mass is 10.1. The summed E-state index contributed by atoms with van der Waals surface area (Å²) in [5.74, 6) is -0.684. The number of nitrogens with zero attached hydrogens (tertiary/aromatic N) is 1. The molecule has 0 fully saturated rings. The van der Waals surface area contributed by atoms with E-state index >= 15 is 0 Å². The van der Waals surface area contributed by atoms with Gasteiger partial charge in [-0.05, 0) is 45.6 Å². The number of hydrogen-bond acceptors (Lipinski definition) is 7. The van der Waals surface area contributed by atoms with E-state index in [4.69, 9.17) is 14.0 Å². The van der Waals surface area contributed by atoms with Crippen molar-refractivity contribution in [1.82, 2.24) is 16.0 Å². The first-order valence-corrected chi connectivity index (χ1v) is 14.7. The standard InChI is InChI=1S/C26H44N4O8S/c1-26(2,3)38-25(33)29-22(23(31)27-16-18-30(4,5)17-11-19-39(34,35)36)14-9-10-15-28-24(32)37-20-21-12-7-6-8-13-21/h6-8,12-13,22H,9-11,14-20H2,1-5H3,(H3-,27,28,29,31,32,33,34,35,36)/p+1. The molecule has 0 spiro atoms. The molecule has 4 N–H and O–H groups in total. The zero-order chi connectivity index (χ0) is 29.5. The predicted octanol–water partition coefficient (Wildman–Crippen LogP) is 2.45. The predicted molar refractivity (Wildman–Crippen MR) is 148 cm³/mol. The van der Waals surface area contributed by atoms with E-state index in [-0.39, 0.29) is 24.7 Å². The Kier molecular flexibility index (Phi) is 14.2. The number of carbonyl (C=O) groups excluding carboxylic acids is 3. The summed E-state index contributed by atoms with van der Waals surface area (Å²) in [6, 6.07) is 8.50.